The van der Waals surface area contributed by atoms with Gasteiger partial charge in [0.05, 0.1) is 11.1 Å². The molecule has 0 bridgehead atoms. The fourth-order valence-corrected chi connectivity index (χ4v) is 3.60. The van der Waals surface area contributed by atoms with E-state index in [4.69, 9.17) is 0 Å². The summed E-state index contributed by atoms with van der Waals surface area (Å²) in [5.74, 6) is 0.308. The van der Waals surface area contributed by atoms with Crippen molar-refractivity contribution in [2.45, 2.75) is 26.4 Å². The minimum atomic E-state index is -4.39. The van der Waals surface area contributed by atoms with Gasteiger partial charge in [0.15, 0.2) is 0 Å². The molecule has 1 aromatic carbocycles. The highest BCUT2D eigenvalue weighted by Gasteiger charge is 2.32. The number of likely N-dealkylation sites (tertiary alicyclic amines) is 1. The van der Waals surface area contributed by atoms with E-state index in [9.17, 15) is 18.0 Å². The molecule has 0 aliphatic carbocycles. The third-order valence-electron chi connectivity index (χ3n) is 4.86. The van der Waals surface area contributed by atoms with Crippen molar-refractivity contribution in [2.24, 2.45) is 5.92 Å². The van der Waals surface area contributed by atoms with E-state index in [1.54, 1.807) is 6.07 Å². The van der Waals surface area contributed by atoms with Gasteiger partial charge in [0.25, 0.3) is 0 Å². The number of halogens is 3. The molecule has 1 aliphatic heterocycles. The molecule has 0 saturated carbocycles. The van der Waals surface area contributed by atoms with E-state index in [0.29, 0.717) is 42.6 Å². The van der Waals surface area contributed by atoms with Gasteiger partial charge in [-0.05, 0) is 38.1 Å². The average Bonchev–Trinajstić information content (AvgIpc) is 2.92. The first kappa shape index (κ1) is 18.5. The van der Waals surface area contributed by atoms with Gasteiger partial charge >= 0.3 is 6.18 Å². The lowest BCUT2D eigenvalue weighted by atomic mass is 10.1. The van der Waals surface area contributed by atoms with Crippen molar-refractivity contribution >= 4 is 22.5 Å². The lowest BCUT2D eigenvalue weighted by Gasteiger charge is -2.25. The number of fused-ring (bicyclic) bond motifs is 1. The van der Waals surface area contributed by atoms with Crippen LogP contribution in [0.4, 0.5) is 18.9 Å². The molecule has 4 nitrogen and oxygen atoms in total. The molecule has 2 heterocycles. The second-order valence-corrected chi connectivity index (χ2v) is 6.90. The van der Waals surface area contributed by atoms with Gasteiger partial charge in [0.2, 0.25) is 5.91 Å². The van der Waals surface area contributed by atoms with Crippen LogP contribution in [0, 0.1) is 12.8 Å². The largest absolute Gasteiger partial charge is 0.416 e. The van der Waals surface area contributed by atoms with Crippen LogP contribution in [0.3, 0.4) is 0 Å². The average molecular weight is 365 g/mol. The lowest BCUT2D eigenvalue weighted by Crippen LogP contribution is -2.29. The van der Waals surface area contributed by atoms with Crippen LogP contribution in [-0.4, -0.2) is 42.5 Å². The summed E-state index contributed by atoms with van der Waals surface area (Å²) >= 11 is 0. The number of carbonyl (C=O) groups is 1. The molecular weight excluding hydrogens is 343 g/mol. The summed E-state index contributed by atoms with van der Waals surface area (Å²) in [5, 5.41) is 0.476. The van der Waals surface area contributed by atoms with E-state index < -0.39 is 11.7 Å². The molecule has 0 radical (unpaired) electrons. The summed E-state index contributed by atoms with van der Waals surface area (Å²) in [4.78, 5) is 20.0. The van der Waals surface area contributed by atoms with Crippen LogP contribution in [0.25, 0.3) is 10.9 Å². The summed E-state index contributed by atoms with van der Waals surface area (Å²) in [5.41, 5.74) is 1.31. The third-order valence-corrected chi connectivity index (χ3v) is 4.86. The minimum absolute atomic E-state index is 0.140. The standard InChI is InChI=1S/C19H22F3N3O/c1-4-25-11-13(8-18(25)26)10-24(3)17-7-12(2)23-16-6-5-14(9-15(16)17)19(20,21)22/h5-7,9,13H,4,8,10-11H2,1-3H3/t13-/m1/s1. The highest BCUT2D eigenvalue weighted by molar-refractivity contribution is 5.92. The Morgan fingerprint density at radius 2 is 2.04 bits per heavy atom. The third kappa shape index (κ3) is 3.61. The van der Waals surface area contributed by atoms with E-state index in [0.717, 1.165) is 17.8 Å². The number of nitrogens with zero attached hydrogens (tertiary/aromatic N) is 3. The minimum Gasteiger partial charge on any atom is -0.374 e. The van der Waals surface area contributed by atoms with Crippen LogP contribution in [0.15, 0.2) is 24.3 Å². The number of pyridine rings is 1. The van der Waals surface area contributed by atoms with Crippen LogP contribution < -0.4 is 4.90 Å². The number of aromatic nitrogens is 1. The van der Waals surface area contributed by atoms with Crippen LogP contribution in [0.2, 0.25) is 0 Å². The molecule has 0 unspecified atom stereocenters. The van der Waals surface area contributed by atoms with Crippen LogP contribution in [0.1, 0.15) is 24.6 Å². The van der Waals surface area contributed by atoms with Gasteiger partial charge in [0.1, 0.15) is 0 Å². The second kappa shape index (κ2) is 6.78. The number of hydrogen-bond acceptors (Lipinski definition) is 3. The Kier molecular flexibility index (Phi) is 4.82. The first-order valence-electron chi connectivity index (χ1n) is 8.66. The van der Waals surface area contributed by atoms with E-state index in [-0.39, 0.29) is 11.8 Å². The molecule has 0 spiro atoms. The summed E-state index contributed by atoms with van der Waals surface area (Å²) in [7, 11) is 1.85. The monoisotopic (exact) mass is 365 g/mol. The maximum atomic E-state index is 13.1. The number of rotatable bonds is 4. The van der Waals surface area contributed by atoms with Crippen LogP contribution in [0.5, 0.6) is 0 Å². The molecular formula is C19H22F3N3O. The maximum absolute atomic E-state index is 13.1. The highest BCUT2D eigenvalue weighted by atomic mass is 19.4. The fourth-order valence-electron chi connectivity index (χ4n) is 3.60. The Morgan fingerprint density at radius 3 is 2.65 bits per heavy atom. The molecule has 1 aliphatic rings. The number of anilines is 1. The van der Waals surface area contributed by atoms with Crippen LogP contribution >= 0.6 is 0 Å². The Labute approximate surface area is 150 Å². The lowest BCUT2D eigenvalue weighted by molar-refractivity contribution is -0.137. The van der Waals surface area contributed by atoms with Gasteiger partial charge in [-0.25, -0.2) is 0 Å². The zero-order valence-electron chi connectivity index (χ0n) is 15.1. The Hall–Kier alpha value is -2.31. The van der Waals surface area contributed by atoms with E-state index in [2.05, 4.69) is 4.98 Å². The number of aryl methyl sites for hydroxylation is 1. The molecule has 0 N–H and O–H groups in total. The van der Waals surface area contributed by atoms with Crippen molar-refractivity contribution in [3.63, 3.8) is 0 Å². The Bertz CT molecular complexity index is 835. The predicted octanol–water partition coefficient (Wildman–Crippen LogP) is 3.87. The van der Waals surface area contributed by atoms with Gasteiger partial charge in [-0.2, -0.15) is 13.2 Å². The van der Waals surface area contributed by atoms with Gasteiger partial charge in [-0.15, -0.1) is 0 Å². The predicted molar refractivity (Wildman–Crippen MR) is 95.1 cm³/mol. The van der Waals surface area contributed by atoms with Crippen LogP contribution in [-0.2, 0) is 11.0 Å². The summed E-state index contributed by atoms with van der Waals surface area (Å²) in [6.07, 6.45) is -3.91. The first-order chi connectivity index (χ1) is 12.2. The molecule has 1 fully saturated rings. The molecule has 1 saturated heterocycles. The quantitative estimate of drug-likeness (QED) is 0.825. The zero-order chi connectivity index (χ0) is 19.1. The van der Waals surface area contributed by atoms with Gasteiger partial charge in [-0.1, -0.05) is 0 Å². The molecule has 140 valence electrons. The molecule has 1 aromatic heterocycles. The number of amides is 1. The molecule has 2 aromatic rings. The Balaban J connectivity index is 1.94. The summed E-state index contributed by atoms with van der Waals surface area (Å²) in [6, 6.07) is 5.44. The van der Waals surface area contributed by atoms with Crippen molar-refractivity contribution < 1.29 is 18.0 Å². The number of alkyl halides is 3. The fraction of sp³-hybridized carbons (Fsp3) is 0.474. The van der Waals surface area contributed by atoms with Gasteiger partial charge in [0, 0.05) is 55.8 Å². The molecule has 7 heteroatoms. The van der Waals surface area contributed by atoms with E-state index in [1.165, 1.54) is 6.07 Å². The van der Waals surface area contributed by atoms with Crippen molar-refractivity contribution in [3.8, 4) is 0 Å². The number of hydrogen-bond donors (Lipinski definition) is 0. The van der Waals surface area contributed by atoms with Gasteiger partial charge < -0.3 is 9.80 Å². The van der Waals surface area contributed by atoms with Gasteiger partial charge in [-0.3, -0.25) is 9.78 Å². The van der Waals surface area contributed by atoms with E-state index in [1.807, 2.05) is 30.7 Å². The number of benzene rings is 1. The van der Waals surface area contributed by atoms with Crippen molar-refractivity contribution in [1.82, 2.24) is 9.88 Å². The molecule has 1 amide bonds. The maximum Gasteiger partial charge on any atom is 0.416 e. The molecule has 1 atom stereocenters. The van der Waals surface area contributed by atoms with E-state index >= 15 is 0 Å². The molecule has 26 heavy (non-hydrogen) atoms. The topological polar surface area (TPSA) is 36.4 Å². The Morgan fingerprint density at radius 1 is 1.31 bits per heavy atom. The van der Waals surface area contributed by atoms with Crippen molar-refractivity contribution in [2.75, 3.05) is 31.6 Å². The smallest absolute Gasteiger partial charge is 0.374 e. The first-order valence-corrected chi connectivity index (χ1v) is 8.66. The number of carbonyl (C=O) groups excluding carboxylic acids is 1. The second-order valence-electron chi connectivity index (χ2n) is 6.90. The van der Waals surface area contributed by atoms with Crippen molar-refractivity contribution in [3.05, 3.63) is 35.5 Å². The highest BCUT2D eigenvalue weighted by Crippen LogP contribution is 2.35. The normalized spacial score (nSPS) is 18.0. The van der Waals surface area contributed by atoms with Crippen molar-refractivity contribution in [1.29, 1.82) is 0 Å². The summed E-state index contributed by atoms with van der Waals surface area (Å²) in [6.45, 7) is 5.76. The summed E-state index contributed by atoms with van der Waals surface area (Å²) < 4.78 is 39.3. The SMILES string of the molecule is CCN1C[C@@H](CN(C)c2cc(C)nc3ccc(C(F)(F)F)cc23)CC1=O. The zero-order valence-corrected chi connectivity index (χ0v) is 15.1. The molecule has 3 rings (SSSR count).